The lowest BCUT2D eigenvalue weighted by Gasteiger charge is -2.60. The van der Waals surface area contributed by atoms with E-state index in [0.29, 0.717) is 54.7 Å². The molecule has 6 atom stereocenters. The maximum Gasteiger partial charge on any atom is 0.269 e. The largest absolute Gasteiger partial charge is 0.508 e. The molecule has 0 radical (unpaired) electrons. The Morgan fingerprint density at radius 3 is 2.27 bits per heavy atom. The van der Waals surface area contributed by atoms with Crippen molar-refractivity contribution in [3.05, 3.63) is 134 Å². The maximum atomic E-state index is 14.8. The van der Waals surface area contributed by atoms with E-state index in [1.807, 2.05) is 0 Å². The molecule has 3 aliphatic rings. The zero-order chi connectivity index (χ0) is 45.6. The maximum absolute atomic E-state index is 14.8. The molecule has 0 spiro atoms. The van der Waals surface area contributed by atoms with Crippen LogP contribution in [0.25, 0.3) is 6.08 Å². The number of nitrogens with zero attached hydrogens (tertiary/aromatic N) is 4. The van der Waals surface area contributed by atoms with Gasteiger partial charge in [-0.3, -0.25) is 25.0 Å². The fourth-order valence-corrected chi connectivity index (χ4v) is 9.28. The molecule has 6 rings (SSSR count). The second kappa shape index (κ2) is 22.6. The molecule has 342 valence electrons. The zero-order valence-electron chi connectivity index (χ0n) is 35.6. The van der Waals surface area contributed by atoms with E-state index in [9.17, 15) is 45.4 Å². The number of allylic oxidation sites excluding steroid dienone is 1. The Morgan fingerprint density at radius 2 is 1.61 bits per heavy atom. The number of aromatic hydroxyl groups is 1. The highest BCUT2D eigenvalue weighted by Crippen LogP contribution is 2.62. The van der Waals surface area contributed by atoms with Gasteiger partial charge in [0.2, 0.25) is 11.7 Å². The molecular weight excluding hydrogens is 829 g/mol. The van der Waals surface area contributed by atoms with E-state index in [4.69, 9.17) is 24.2 Å². The van der Waals surface area contributed by atoms with E-state index in [1.165, 1.54) is 48.5 Å². The molecule has 0 bridgehead atoms. The number of oxime groups is 1. The number of carbonyl (C=O) groups is 1. The van der Waals surface area contributed by atoms with Gasteiger partial charge in [0.25, 0.3) is 11.4 Å². The van der Waals surface area contributed by atoms with E-state index < -0.39 is 33.5 Å². The number of aliphatic hydroxyl groups excluding tert-OH is 3. The average molecular weight is 885 g/mol. The Balaban J connectivity index is 1.54. The van der Waals surface area contributed by atoms with Gasteiger partial charge in [-0.15, -0.1) is 6.58 Å². The number of ether oxygens (including phenoxy) is 3. The molecule has 17 heteroatoms. The fraction of sp³-hybridized carbons (Fsp3) is 0.447. The zero-order valence-corrected chi connectivity index (χ0v) is 35.6. The number of amides is 1. The molecule has 1 heterocycles. The Bertz CT molecular complexity index is 2180. The highest BCUT2D eigenvalue weighted by atomic mass is 16.7. The monoisotopic (exact) mass is 884 g/mol. The summed E-state index contributed by atoms with van der Waals surface area (Å²) < 4.78 is 19.8. The topological polar surface area (TPSA) is 237 Å². The van der Waals surface area contributed by atoms with Crippen LogP contribution in [0.2, 0.25) is 0 Å². The lowest BCUT2D eigenvalue weighted by Crippen LogP contribution is -2.70. The van der Waals surface area contributed by atoms with Crippen LogP contribution in [0.1, 0.15) is 67.6 Å². The Labute approximate surface area is 371 Å². The highest BCUT2D eigenvalue weighted by Gasteiger charge is 2.65. The van der Waals surface area contributed by atoms with Crippen molar-refractivity contribution in [3.63, 3.8) is 0 Å². The average Bonchev–Trinajstić information content (AvgIpc) is 3.29. The van der Waals surface area contributed by atoms with Crippen LogP contribution in [0.3, 0.4) is 0 Å². The molecule has 3 aromatic rings. The third-order valence-electron chi connectivity index (χ3n) is 12.1. The number of nitro groups is 2. The number of fused-ring (bicyclic) bond motifs is 2. The number of phenols is 1. The number of rotatable bonds is 24. The van der Waals surface area contributed by atoms with Gasteiger partial charge in [0, 0.05) is 68.0 Å². The summed E-state index contributed by atoms with van der Waals surface area (Å²) in [5.41, 5.74) is 3.00. The number of hydrogen-bond acceptors (Lipinski definition) is 14. The van der Waals surface area contributed by atoms with Crippen molar-refractivity contribution in [2.24, 2.45) is 22.9 Å². The smallest absolute Gasteiger partial charge is 0.269 e. The van der Waals surface area contributed by atoms with E-state index in [1.54, 1.807) is 41.3 Å². The van der Waals surface area contributed by atoms with Crippen LogP contribution in [-0.4, -0.2) is 105 Å². The Morgan fingerprint density at radius 1 is 0.922 bits per heavy atom. The number of hydrogen-bond donors (Lipinski definition) is 4. The van der Waals surface area contributed by atoms with Crippen molar-refractivity contribution in [3.8, 4) is 11.5 Å². The number of unbranched alkanes of at least 4 members (excludes halogenated alkanes) is 2. The first kappa shape index (κ1) is 47.5. The van der Waals surface area contributed by atoms with E-state index >= 15 is 0 Å². The predicted molar refractivity (Wildman–Crippen MR) is 236 cm³/mol. The summed E-state index contributed by atoms with van der Waals surface area (Å²) in [5, 5.41) is 67.7. The van der Waals surface area contributed by atoms with Crippen LogP contribution in [-0.2, 0) is 25.7 Å². The predicted octanol–water partition coefficient (Wildman–Crippen LogP) is 6.59. The molecule has 2 aliphatic carbocycles. The summed E-state index contributed by atoms with van der Waals surface area (Å²) in [6.07, 6.45) is 10.7. The summed E-state index contributed by atoms with van der Waals surface area (Å²) in [6.45, 7) is 3.78. The molecule has 6 unspecified atom stereocenters. The van der Waals surface area contributed by atoms with Gasteiger partial charge >= 0.3 is 0 Å². The molecule has 1 fully saturated rings. The number of benzene rings is 3. The quantitative estimate of drug-likeness (QED) is 0.0244. The highest BCUT2D eigenvalue weighted by molar-refractivity contribution is 6.03. The molecule has 17 nitrogen and oxygen atoms in total. The minimum atomic E-state index is -1.61. The van der Waals surface area contributed by atoms with Crippen LogP contribution < -0.4 is 4.74 Å². The van der Waals surface area contributed by atoms with Crippen molar-refractivity contribution in [2.75, 3.05) is 46.2 Å². The number of non-ortho nitro benzene ring substituents is 2. The van der Waals surface area contributed by atoms with Crippen molar-refractivity contribution in [1.29, 1.82) is 0 Å². The first-order valence-corrected chi connectivity index (χ1v) is 21.6. The third kappa shape index (κ3) is 11.0. The van der Waals surface area contributed by atoms with Gasteiger partial charge in [-0.25, -0.2) is 0 Å². The number of nitro benzene ring substituents is 2. The fourth-order valence-electron chi connectivity index (χ4n) is 9.28. The number of phenolic OH excluding ortho intramolecular Hbond substituents is 1. The van der Waals surface area contributed by atoms with E-state index in [-0.39, 0.29) is 94.1 Å². The SMILES string of the molecule is C=CCOC12Oc3ccc(O)cc3C3C(CCCCO)C(CCCCO)C=C(C(=NOCc4ccc([N+](=O)[O-])cc4)CC1N(CCOCCO)C(=O)C=Cc1ccc([N+](=O)[O-])cc1)C32. The van der Waals surface area contributed by atoms with Crippen molar-refractivity contribution < 1.29 is 54.1 Å². The first-order chi connectivity index (χ1) is 31.0. The molecule has 64 heavy (non-hydrogen) atoms. The van der Waals surface area contributed by atoms with Gasteiger partial charge in [-0.1, -0.05) is 30.1 Å². The molecule has 1 amide bonds. The molecular formula is C47H56N4O13. The second-order valence-electron chi connectivity index (χ2n) is 16.0. The van der Waals surface area contributed by atoms with Crippen LogP contribution in [0.5, 0.6) is 11.5 Å². The van der Waals surface area contributed by atoms with Crippen LogP contribution >= 0.6 is 0 Å². The Hall–Kier alpha value is -5.98. The molecule has 1 saturated carbocycles. The minimum Gasteiger partial charge on any atom is -0.508 e. The number of aliphatic hydroxyl groups is 3. The van der Waals surface area contributed by atoms with Crippen LogP contribution in [0.15, 0.2) is 102 Å². The van der Waals surface area contributed by atoms with Gasteiger partial charge in [0.05, 0.1) is 47.9 Å². The third-order valence-corrected chi connectivity index (χ3v) is 12.1. The summed E-state index contributed by atoms with van der Waals surface area (Å²) in [4.78, 5) is 44.1. The molecule has 4 N–H and O–H groups in total. The molecule has 1 aliphatic heterocycles. The molecule has 0 saturated heterocycles. The Kier molecular flexibility index (Phi) is 16.8. The van der Waals surface area contributed by atoms with Crippen molar-refractivity contribution in [2.45, 2.75) is 69.3 Å². The lowest BCUT2D eigenvalue weighted by atomic mass is 9.55. The van der Waals surface area contributed by atoms with Gasteiger partial charge < -0.3 is 44.4 Å². The van der Waals surface area contributed by atoms with Gasteiger partial charge in [-0.05, 0) is 103 Å². The van der Waals surface area contributed by atoms with Gasteiger partial charge in [0.15, 0.2) is 0 Å². The molecule has 3 aromatic carbocycles. The molecule has 0 aromatic heterocycles. The standard InChI is InChI=1S/C47H56N4O13/c1-2-25-62-47-43(49(21-26-61-27-24-54)44(56)20-13-32-9-14-35(15-10-32)50(57)58)30-41(48-63-31-33-11-16-36(17-12-33)51(59)60)39-28-34(7-3-5-22-52)38(8-4-6-23-53)45(46(39)47)40-29-37(55)18-19-42(40)64-47/h2,9-20,28-29,34,38,43,45-46,52-55H,1,3-8,21-27,30-31H2. The van der Waals surface area contributed by atoms with Crippen molar-refractivity contribution >= 4 is 29.1 Å². The van der Waals surface area contributed by atoms with Gasteiger partial charge in [0.1, 0.15) is 24.1 Å². The van der Waals surface area contributed by atoms with Crippen LogP contribution in [0.4, 0.5) is 11.4 Å². The summed E-state index contributed by atoms with van der Waals surface area (Å²) in [6, 6.07) is 15.7. The van der Waals surface area contributed by atoms with E-state index in [2.05, 4.69) is 12.7 Å². The summed E-state index contributed by atoms with van der Waals surface area (Å²) >= 11 is 0. The minimum absolute atomic E-state index is 0.0101. The normalized spacial score (nSPS) is 22.8. The lowest BCUT2D eigenvalue weighted by molar-refractivity contribution is -0.385. The second-order valence-corrected chi connectivity index (χ2v) is 16.0. The van der Waals surface area contributed by atoms with Crippen LogP contribution in [0, 0.1) is 38.0 Å². The van der Waals surface area contributed by atoms with Gasteiger partial charge in [-0.2, -0.15) is 0 Å². The first-order valence-electron chi connectivity index (χ1n) is 21.6. The summed E-state index contributed by atoms with van der Waals surface area (Å²) in [7, 11) is 0. The van der Waals surface area contributed by atoms with E-state index in [0.717, 1.165) is 17.6 Å². The summed E-state index contributed by atoms with van der Waals surface area (Å²) in [5.74, 6) is -2.79. The van der Waals surface area contributed by atoms with Crippen molar-refractivity contribution in [1.82, 2.24) is 4.90 Å². The number of carbonyl (C=O) groups excluding carboxylic acids is 1.